The maximum atomic E-state index is 4.12. The van der Waals surface area contributed by atoms with Gasteiger partial charge in [0.1, 0.15) is 0 Å². The van der Waals surface area contributed by atoms with Gasteiger partial charge >= 0.3 is 0 Å². The van der Waals surface area contributed by atoms with Crippen LogP contribution in [0.4, 0.5) is 0 Å². The van der Waals surface area contributed by atoms with E-state index in [0.29, 0.717) is 0 Å². The van der Waals surface area contributed by atoms with Gasteiger partial charge in [-0.3, -0.25) is 4.90 Å². The zero-order valence-electron chi connectivity index (χ0n) is 16.1. The highest BCUT2D eigenvalue weighted by atomic mass is 15.3. The van der Waals surface area contributed by atoms with Crippen LogP contribution >= 0.6 is 0 Å². The van der Waals surface area contributed by atoms with Gasteiger partial charge in [-0.1, -0.05) is 55.7 Å². The third-order valence-corrected chi connectivity index (χ3v) is 5.76. The van der Waals surface area contributed by atoms with Crippen molar-refractivity contribution in [1.82, 2.24) is 9.80 Å². The Bertz CT molecular complexity index is 602. The minimum Gasteiger partial charge on any atom is -0.368 e. The number of hydrogen-bond acceptors (Lipinski definition) is 2. The third kappa shape index (κ3) is 4.98. The Balaban J connectivity index is 1.64. The normalized spacial score (nSPS) is 20.7. The van der Waals surface area contributed by atoms with Crippen LogP contribution in [0.15, 0.2) is 42.5 Å². The molecule has 0 spiro atoms. The molecule has 0 aromatic heterocycles. The molecule has 2 aliphatic rings. The summed E-state index contributed by atoms with van der Waals surface area (Å²) >= 11 is 0. The van der Waals surface area contributed by atoms with Crippen LogP contribution in [-0.4, -0.2) is 42.5 Å². The Labute approximate surface area is 154 Å². The van der Waals surface area contributed by atoms with Gasteiger partial charge in [0.2, 0.25) is 0 Å². The van der Waals surface area contributed by atoms with Crippen LogP contribution in [0.25, 0.3) is 5.70 Å². The fourth-order valence-corrected chi connectivity index (χ4v) is 4.34. The van der Waals surface area contributed by atoms with Crippen molar-refractivity contribution >= 4 is 5.70 Å². The van der Waals surface area contributed by atoms with E-state index in [1.807, 2.05) is 0 Å². The Morgan fingerprint density at radius 2 is 1.76 bits per heavy atom. The van der Waals surface area contributed by atoms with E-state index >= 15 is 0 Å². The highest BCUT2D eigenvalue weighted by molar-refractivity contribution is 5.69. The lowest BCUT2D eigenvalue weighted by atomic mass is 9.89. The summed E-state index contributed by atoms with van der Waals surface area (Å²) in [6.45, 7) is 14.4. The monoisotopic (exact) mass is 338 g/mol. The first kappa shape index (κ1) is 18.3. The standard InChI is InChI=1S/C23H34N2/c1-19(2)17-23(22-12-8-7-9-20(22)3)25-15-13-24(14-16-25)18-21-10-5-4-6-11-21/h7-9,12,17,21H,1,4-6,10-11,13-16,18H2,2-3H3/b23-17+. The molecule has 0 radical (unpaired) electrons. The maximum Gasteiger partial charge on any atom is 0.0445 e. The van der Waals surface area contributed by atoms with Crippen molar-refractivity contribution in [3.05, 3.63) is 53.6 Å². The Morgan fingerprint density at radius 1 is 1.08 bits per heavy atom. The SMILES string of the molecule is C=C(C)/C=C(\c1ccccc1C)N1CCN(CC2CCCCC2)CC1. The van der Waals surface area contributed by atoms with E-state index in [-0.39, 0.29) is 0 Å². The maximum absolute atomic E-state index is 4.12. The molecule has 2 nitrogen and oxygen atoms in total. The molecule has 1 heterocycles. The summed E-state index contributed by atoms with van der Waals surface area (Å²) in [5, 5.41) is 0. The predicted molar refractivity (Wildman–Crippen MR) is 109 cm³/mol. The molecule has 1 aromatic rings. The van der Waals surface area contributed by atoms with Crippen molar-refractivity contribution in [1.29, 1.82) is 0 Å². The molecule has 1 aromatic carbocycles. The zero-order chi connectivity index (χ0) is 17.6. The van der Waals surface area contributed by atoms with Crippen molar-refractivity contribution in [2.24, 2.45) is 5.92 Å². The number of hydrogen-bond donors (Lipinski definition) is 0. The Morgan fingerprint density at radius 3 is 2.40 bits per heavy atom. The van der Waals surface area contributed by atoms with Crippen LogP contribution in [0.1, 0.15) is 50.2 Å². The number of allylic oxidation sites excluding steroid dienone is 2. The van der Waals surface area contributed by atoms with E-state index in [1.165, 1.54) is 68.6 Å². The molecule has 0 atom stereocenters. The highest BCUT2D eigenvalue weighted by Gasteiger charge is 2.23. The van der Waals surface area contributed by atoms with E-state index in [2.05, 4.69) is 60.6 Å². The summed E-state index contributed by atoms with van der Waals surface area (Å²) in [7, 11) is 0. The van der Waals surface area contributed by atoms with Crippen molar-refractivity contribution in [2.75, 3.05) is 32.7 Å². The minimum atomic E-state index is 0.946. The molecular weight excluding hydrogens is 304 g/mol. The molecule has 136 valence electrons. The lowest BCUT2D eigenvalue weighted by molar-refractivity contribution is 0.141. The second kappa shape index (κ2) is 8.71. The summed E-state index contributed by atoms with van der Waals surface area (Å²) in [5.41, 5.74) is 5.18. The fraction of sp³-hybridized carbons (Fsp3) is 0.565. The van der Waals surface area contributed by atoms with Crippen LogP contribution in [0.2, 0.25) is 0 Å². The molecule has 3 rings (SSSR count). The average molecular weight is 339 g/mol. The van der Waals surface area contributed by atoms with E-state index in [1.54, 1.807) is 0 Å². The quantitative estimate of drug-likeness (QED) is 0.688. The fourth-order valence-electron chi connectivity index (χ4n) is 4.34. The molecule has 0 amide bonds. The first-order valence-corrected chi connectivity index (χ1v) is 10.0. The largest absolute Gasteiger partial charge is 0.368 e. The van der Waals surface area contributed by atoms with E-state index in [9.17, 15) is 0 Å². The van der Waals surface area contributed by atoms with Gasteiger partial charge in [0, 0.05) is 44.0 Å². The number of piperazine rings is 1. The van der Waals surface area contributed by atoms with E-state index in [4.69, 9.17) is 0 Å². The lowest BCUT2D eigenvalue weighted by Crippen LogP contribution is -2.47. The number of aryl methyl sites for hydroxylation is 1. The van der Waals surface area contributed by atoms with E-state index in [0.717, 1.165) is 24.6 Å². The van der Waals surface area contributed by atoms with Gasteiger partial charge in [0.15, 0.2) is 0 Å². The van der Waals surface area contributed by atoms with Crippen LogP contribution in [0, 0.1) is 12.8 Å². The van der Waals surface area contributed by atoms with Gasteiger partial charge in [-0.2, -0.15) is 0 Å². The molecule has 1 saturated heterocycles. The first-order chi connectivity index (χ1) is 12.1. The lowest BCUT2D eigenvalue weighted by Gasteiger charge is -2.39. The second-order valence-corrected chi connectivity index (χ2v) is 7.98. The van der Waals surface area contributed by atoms with Gasteiger partial charge in [0.05, 0.1) is 0 Å². The number of nitrogens with zero attached hydrogens (tertiary/aromatic N) is 2. The summed E-state index contributed by atoms with van der Waals surface area (Å²) in [6, 6.07) is 8.73. The first-order valence-electron chi connectivity index (χ1n) is 10.0. The van der Waals surface area contributed by atoms with Crippen LogP contribution < -0.4 is 0 Å². The van der Waals surface area contributed by atoms with Crippen LogP contribution in [0.3, 0.4) is 0 Å². The Hall–Kier alpha value is -1.54. The van der Waals surface area contributed by atoms with Crippen LogP contribution in [-0.2, 0) is 0 Å². The van der Waals surface area contributed by atoms with E-state index < -0.39 is 0 Å². The Kier molecular flexibility index (Phi) is 6.36. The molecule has 0 unspecified atom stereocenters. The molecule has 2 heteroatoms. The molecule has 1 saturated carbocycles. The van der Waals surface area contributed by atoms with Gasteiger partial charge in [-0.05, 0) is 44.2 Å². The zero-order valence-corrected chi connectivity index (χ0v) is 16.1. The smallest absolute Gasteiger partial charge is 0.0445 e. The predicted octanol–water partition coefficient (Wildman–Crippen LogP) is 5.11. The molecular formula is C23H34N2. The summed E-state index contributed by atoms with van der Waals surface area (Å²) in [4.78, 5) is 5.26. The summed E-state index contributed by atoms with van der Waals surface area (Å²) in [6.07, 6.45) is 9.51. The molecule has 25 heavy (non-hydrogen) atoms. The average Bonchev–Trinajstić information content (AvgIpc) is 2.62. The van der Waals surface area contributed by atoms with Gasteiger partial charge in [-0.25, -0.2) is 0 Å². The van der Waals surface area contributed by atoms with Crippen molar-refractivity contribution in [3.63, 3.8) is 0 Å². The number of rotatable bonds is 5. The van der Waals surface area contributed by atoms with Crippen molar-refractivity contribution < 1.29 is 0 Å². The topological polar surface area (TPSA) is 6.48 Å². The summed E-state index contributed by atoms with van der Waals surface area (Å²) in [5.74, 6) is 0.946. The molecule has 0 bridgehead atoms. The van der Waals surface area contributed by atoms with Gasteiger partial charge in [0.25, 0.3) is 0 Å². The van der Waals surface area contributed by atoms with Crippen molar-refractivity contribution in [2.45, 2.75) is 46.0 Å². The minimum absolute atomic E-state index is 0.946. The summed E-state index contributed by atoms with van der Waals surface area (Å²) < 4.78 is 0. The van der Waals surface area contributed by atoms with Gasteiger partial charge in [-0.15, -0.1) is 0 Å². The van der Waals surface area contributed by atoms with Crippen LogP contribution in [0.5, 0.6) is 0 Å². The second-order valence-electron chi connectivity index (χ2n) is 7.98. The molecule has 1 aliphatic heterocycles. The third-order valence-electron chi connectivity index (χ3n) is 5.76. The molecule has 1 aliphatic carbocycles. The highest BCUT2D eigenvalue weighted by Crippen LogP contribution is 2.27. The molecule has 2 fully saturated rings. The van der Waals surface area contributed by atoms with Gasteiger partial charge < -0.3 is 4.90 Å². The number of benzene rings is 1. The van der Waals surface area contributed by atoms with Crippen molar-refractivity contribution in [3.8, 4) is 0 Å². The molecule has 0 N–H and O–H groups in total.